The number of hydrogen-bond donors (Lipinski definition) is 1. The molecule has 26 heavy (non-hydrogen) atoms. The second kappa shape index (κ2) is 7.27. The summed E-state index contributed by atoms with van der Waals surface area (Å²) in [5.74, 6) is -0.916. The van der Waals surface area contributed by atoms with Crippen molar-refractivity contribution >= 4 is 33.1 Å². The van der Waals surface area contributed by atoms with Gasteiger partial charge in [0.25, 0.3) is 10.0 Å². The predicted octanol–water partition coefficient (Wildman–Crippen LogP) is 4.51. The van der Waals surface area contributed by atoms with E-state index in [-0.39, 0.29) is 21.9 Å². The summed E-state index contributed by atoms with van der Waals surface area (Å²) in [7, 11) is -3.99. The Balaban J connectivity index is 2.01. The van der Waals surface area contributed by atoms with E-state index < -0.39 is 15.8 Å². The highest BCUT2D eigenvalue weighted by molar-refractivity contribution is 7.92. The zero-order valence-electron chi connectivity index (χ0n) is 13.3. The van der Waals surface area contributed by atoms with Crippen LogP contribution in [-0.2, 0) is 10.0 Å². The van der Waals surface area contributed by atoms with E-state index in [1.54, 1.807) is 30.3 Å². The Kier molecular flexibility index (Phi) is 5.06. The minimum absolute atomic E-state index is 0.0904. The maximum Gasteiger partial charge on any atom is 0.261 e. The van der Waals surface area contributed by atoms with E-state index in [0.717, 1.165) is 24.3 Å². The smallest absolute Gasteiger partial charge is 0.261 e. The Bertz CT molecular complexity index is 1050. The van der Waals surface area contributed by atoms with Crippen molar-refractivity contribution in [2.24, 2.45) is 0 Å². The quantitative estimate of drug-likeness (QED) is 0.653. The molecule has 0 aliphatic carbocycles. The number of anilines is 1. The lowest BCUT2D eigenvalue weighted by Gasteiger charge is -2.13. The van der Waals surface area contributed by atoms with Gasteiger partial charge in [-0.05, 0) is 42.5 Å². The van der Waals surface area contributed by atoms with Crippen LogP contribution in [0.4, 0.5) is 10.1 Å². The van der Waals surface area contributed by atoms with Crippen molar-refractivity contribution in [1.29, 1.82) is 0 Å². The Morgan fingerprint density at radius 1 is 0.923 bits per heavy atom. The molecule has 0 saturated heterocycles. The molecule has 3 rings (SSSR count). The first kappa shape index (κ1) is 18.1. The van der Waals surface area contributed by atoms with Gasteiger partial charge in [0.15, 0.2) is 5.78 Å². The van der Waals surface area contributed by atoms with Gasteiger partial charge in [-0.2, -0.15) is 0 Å². The summed E-state index contributed by atoms with van der Waals surface area (Å²) in [6.07, 6.45) is 0. The molecule has 1 N–H and O–H groups in total. The minimum atomic E-state index is -3.99. The summed E-state index contributed by atoms with van der Waals surface area (Å²) < 4.78 is 40.5. The lowest BCUT2D eigenvalue weighted by atomic mass is 10.0. The third-order valence-corrected chi connectivity index (χ3v) is 5.25. The predicted molar refractivity (Wildman–Crippen MR) is 98.5 cm³/mol. The molecule has 4 nitrogen and oxygen atoms in total. The van der Waals surface area contributed by atoms with E-state index >= 15 is 0 Å². The average molecular weight is 390 g/mol. The van der Waals surface area contributed by atoms with Crippen LogP contribution in [0.15, 0.2) is 77.7 Å². The number of ketones is 1. The maximum atomic E-state index is 13.0. The fraction of sp³-hybridized carbons (Fsp3) is 0. The summed E-state index contributed by atoms with van der Waals surface area (Å²) in [6, 6.07) is 17.1. The van der Waals surface area contributed by atoms with Gasteiger partial charge in [-0.1, -0.05) is 41.9 Å². The summed E-state index contributed by atoms with van der Waals surface area (Å²) in [5.41, 5.74) is 0.610. The van der Waals surface area contributed by atoms with Gasteiger partial charge in [0, 0.05) is 16.1 Å². The van der Waals surface area contributed by atoms with Gasteiger partial charge >= 0.3 is 0 Å². The van der Waals surface area contributed by atoms with E-state index in [2.05, 4.69) is 4.72 Å². The molecule has 0 spiro atoms. The van der Waals surface area contributed by atoms with Crippen LogP contribution in [0.2, 0.25) is 5.02 Å². The number of carbonyl (C=O) groups excluding carboxylic acids is 1. The highest BCUT2D eigenvalue weighted by Gasteiger charge is 2.20. The molecule has 0 unspecified atom stereocenters. The Morgan fingerprint density at radius 3 is 2.23 bits per heavy atom. The van der Waals surface area contributed by atoms with Crippen LogP contribution in [0.5, 0.6) is 0 Å². The highest BCUT2D eigenvalue weighted by Crippen LogP contribution is 2.26. The van der Waals surface area contributed by atoms with E-state index in [1.807, 2.05) is 0 Å². The van der Waals surface area contributed by atoms with Gasteiger partial charge in [-0.15, -0.1) is 0 Å². The molecule has 0 aliphatic rings. The summed E-state index contributed by atoms with van der Waals surface area (Å²) in [5, 5.41) is 0.300. The van der Waals surface area contributed by atoms with Crippen LogP contribution in [0.1, 0.15) is 15.9 Å². The second-order valence-corrected chi connectivity index (χ2v) is 7.56. The summed E-state index contributed by atoms with van der Waals surface area (Å²) in [6.45, 7) is 0. The third-order valence-electron chi connectivity index (χ3n) is 3.63. The number of halogens is 2. The van der Waals surface area contributed by atoms with Crippen LogP contribution in [0.25, 0.3) is 0 Å². The molecule has 7 heteroatoms. The molecule has 0 fully saturated rings. The zero-order valence-corrected chi connectivity index (χ0v) is 14.9. The molecule has 0 atom stereocenters. The van der Waals surface area contributed by atoms with Gasteiger partial charge < -0.3 is 0 Å². The molecule has 0 aliphatic heterocycles. The Labute approximate surface area is 155 Å². The molecular weight excluding hydrogens is 377 g/mol. The normalized spacial score (nSPS) is 11.2. The largest absolute Gasteiger partial charge is 0.289 e. The molecule has 0 bridgehead atoms. The number of hydrogen-bond acceptors (Lipinski definition) is 3. The molecule has 132 valence electrons. The van der Waals surface area contributed by atoms with Crippen molar-refractivity contribution in [2.45, 2.75) is 4.90 Å². The van der Waals surface area contributed by atoms with Crippen molar-refractivity contribution in [3.8, 4) is 0 Å². The van der Waals surface area contributed by atoms with E-state index in [1.165, 1.54) is 18.2 Å². The molecule has 0 saturated carbocycles. The molecule has 3 aromatic carbocycles. The van der Waals surface area contributed by atoms with Crippen LogP contribution >= 0.6 is 11.6 Å². The SMILES string of the molecule is O=C(c1ccccc1)c1cc(Cl)ccc1NS(=O)(=O)c1ccc(F)cc1. The van der Waals surface area contributed by atoms with E-state index in [0.29, 0.717) is 10.6 Å². The number of sulfonamides is 1. The van der Waals surface area contributed by atoms with Gasteiger partial charge in [-0.25, -0.2) is 12.8 Å². The number of rotatable bonds is 5. The second-order valence-electron chi connectivity index (χ2n) is 5.44. The molecule has 0 radical (unpaired) electrons. The highest BCUT2D eigenvalue weighted by atomic mass is 35.5. The minimum Gasteiger partial charge on any atom is -0.289 e. The van der Waals surface area contributed by atoms with Crippen molar-refractivity contribution in [3.05, 3.63) is 94.8 Å². The lowest BCUT2D eigenvalue weighted by molar-refractivity contribution is 0.103. The van der Waals surface area contributed by atoms with Crippen LogP contribution in [-0.4, -0.2) is 14.2 Å². The molecule has 0 amide bonds. The van der Waals surface area contributed by atoms with Gasteiger partial charge in [-0.3, -0.25) is 9.52 Å². The van der Waals surface area contributed by atoms with Gasteiger partial charge in [0.1, 0.15) is 5.82 Å². The van der Waals surface area contributed by atoms with Gasteiger partial charge in [0.05, 0.1) is 10.6 Å². The van der Waals surface area contributed by atoms with Crippen LogP contribution in [0, 0.1) is 5.82 Å². The number of carbonyl (C=O) groups is 1. The van der Waals surface area contributed by atoms with E-state index in [9.17, 15) is 17.6 Å². The van der Waals surface area contributed by atoms with E-state index in [4.69, 9.17) is 11.6 Å². The van der Waals surface area contributed by atoms with Crippen molar-refractivity contribution in [3.63, 3.8) is 0 Å². The first-order valence-corrected chi connectivity index (χ1v) is 9.40. The maximum absolute atomic E-state index is 13.0. The Hall–Kier alpha value is -2.70. The Morgan fingerprint density at radius 2 is 1.58 bits per heavy atom. The van der Waals surface area contributed by atoms with Crippen molar-refractivity contribution in [2.75, 3.05) is 4.72 Å². The van der Waals surface area contributed by atoms with Crippen LogP contribution in [0.3, 0.4) is 0 Å². The fourth-order valence-electron chi connectivity index (χ4n) is 2.36. The zero-order chi connectivity index (χ0) is 18.7. The monoisotopic (exact) mass is 389 g/mol. The van der Waals surface area contributed by atoms with Gasteiger partial charge in [0.2, 0.25) is 0 Å². The number of nitrogens with one attached hydrogen (secondary N) is 1. The standard InChI is InChI=1S/C19H13ClFNO3S/c20-14-6-11-18(17(12-14)19(23)13-4-2-1-3-5-13)22-26(24,25)16-9-7-15(21)8-10-16/h1-12,22H. The van der Waals surface area contributed by atoms with Crippen molar-refractivity contribution in [1.82, 2.24) is 0 Å². The molecule has 3 aromatic rings. The molecular formula is C19H13ClFNO3S. The summed E-state index contributed by atoms with van der Waals surface area (Å²) in [4.78, 5) is 12.6. The third kappa shape index (κ3) is 3.92. The average Bonchev–Trinajstić information content (AvgIpc) is 2.63. The topological polar surface area (TPSA) is 63.2 Å². The number of benzene rings is 3. The molecule has 0 aromatic heterocycles. The fourth-order valence-corrected chi connectivity index (χ4v) is 3.61. The first-order chi connectivity index (χ1) is 12.4. The summed E-state index contributed by atoms with van der Waals surface area (Å²) >= 11 is 5.98. The molecule has 0 heterocycles. The van der Waals surface area contributed by atoms with Crippen LogP contribution < -0.4 is 4.72 Å². The first-order valence-electron chi connectivity index (χ1n) is 7.54. The van der Waals surface area contributed by atoms with Crippen molar-refractivity contribution < 1.29 is 17.6 Å². The lowest BCUT2D eigenvalue weighted by Crippen LogP contribution is -2.16.